The Bertz CT molecular complexity index is 671. The number of aliphatic hydroxyl groups excluding tert-OH is 1. The Labute approximate surface area is 140 Å². The standard InChI is InChI=1S/C17H23FN4O2/c1-3-9-17(2,12-23)20-16(24)19-11-14-8-10-22(21-14)15-6-4-13(18)5-7-15/h4-8,10,23H,3,9,11-12H2,1-2H3,(H2,19,20,24). The van der Waals surface area contributed by atoms with Crippen molar-refractivity contribution in [2.24, 2.45) is 0 Å². The Morgan fingerprint density at radius 3 is 2.67 bits per heavy atom. The molecular weight excluding hydrogens is 311 g/mol. The Hall–Kier alpha value is -2.41. The predicted octanol–water partition coefficient (Wildman–Crippen LogP) is 2.36. The lowest BCUT2D eigenvalue weighted by molar-refractivity contribution is 0.163. The number of hydrogen-bond acceptors (Lipinski definition) is 3. The SMILES string of the molecule is CCCC(C)(CO)NC(=O)NCc1ccn(-c2ccc(F)cc2)n1. The predicted molar refractivity (Wildman–Crippen MR) is 89.3 cm³/mol. The zero-order valence-corrected chi connectivity index (χ0v) is 13.9. The maximum absolute atomic E-state index is 12.9. The molecule has 1 atom stereocenters. The third kappa shape index (κ3) is 4.79. The van der Waals surface area contributed by atoms with Crippen LogP contribution in [0.15, 0.2) is 36.5 Å². The minimum Gasteiger partial charge on any atom is -0.394 e. The van der Waals surface area contributed by atoms with Gasteiger partial charge in [-0.3, -0.25) is 0 Å². The van der Waals surface area contributed by atoms with Crippen molar-refractivity contribution in [1.29, 1.82) is 0 Å². The number of rotatable bonds is 7. The van der Waals surface area contributed by atoms with Crippen LogP contribution >= 0.6 is 0 Å². The minimum atomic E-state index is -0.633. The number of nitrogens with zero attached hydrogens (tertiary/aromatic N) is 2. The van der Waals surface area contributed by atoms with E-state index in [2.05, 4.69) is 15.7 Å². The molecule has 1 unspecified atom stereocenters. The molecule has 130 valence electrons. The topological polar surface area (TPSA) is 79.2 Å². The Morgan fingerprint density at radius 1 is 1.33 bits per heavy atom. The molecule has 2 amide bonds. The molecule has 0 aliphatic carbocycles. The molecule has 0 saturated heterocycles. The van der Waals surface area contributed by atoms with E-state index < -0.39 is 5.54 Å². The first-order valence-corrected chi connectivity index (χ1v) is 7.93. The van der Waals surface area contributed by atoms with Gasteiger partial charge in [0.1, 0.15) is 5.82 Å². The van der Waals surface area contributed by atoms with Crippen LogP contribution in [0.1, 0.15) is 32.4 Å². The van der Waals surface area contributed by atoms with Crippen LogP contribution in [0.25, 0.3) is 5.69 Å². The molecule has 2 rings (SSSR count). The number of benzene rings is 1. The average molecular weight is 334 g/mol. The number of aromatic nitrogens is 2. The van der Waals surface area contributed by atoms with Gasteiger partial charge in [0.25, 0.3) is 0 Å². The fraction of sp³-hybridized carbons (Fsp3) is 0.412. The molecular formula is C17H23FN4O2. The minimum absolute atomic E-state index is 0.118. The van der Waals surface area contributed by atoms with Crippen molar-refractivity contribution in [3.05, 3.63) is 48.0 Å². The Kier molecular flexibility index (Phi) is 5.92. The summed E-state index contributed by atoms with van der Waals surface area (Å²) < 4.78 is 14.5. The van der Waals surface area contributed by atoms with Gasteiger partial charge in [-0.1, -0.05) is 13.3 Å². The quantitative estimate of drug-likeness (QED) is 0.727. The van der Waals surface area contributed by atoms with Gasteiger partial charge < -0.3 is 15.7 Å². The van der Waals surface area contributed by atoms with Crippen molar-refractivity contribution in [2.45, 2.75) is 38.8 Å². The highest BCUT2D eigenvalue weighted by atomic mass is 19.1. The number of halogens is 1. The van der Waals surface area contributed by atoms with Crippen LogP contribution in [-0.2, 0) is 6.54 Å². The molecule has 0 fully saturated rings. The number of amides is 2. The van der Waals surface area contributed by atoms with E-state index in [4.69, 9.17) is 0 Å². The summed E-state index contributed by atoms with van der Waals surface area (Å²) in [5.41, 5.74) is 0.783. The molecule has 0 spiro atoms. The van der Waals surface area contributed by atoms with E-state index in [1.807, 2.05) is 6.92 Å². The molecule has 1 heterocycles. The molecule has 0 bridgehead atoms. The third-order valence-electron chi connectivity index (χ3n) is 3.73. The summed E-state index contributed by atoms with van der Waals surface area (Å²) >= 11 is 0. The van der Waals surface area contributed by atoms with Gasteiger partial charge in [0.05, 0.1) is 30.1 Å². The van der Waals surface area contributed by atoms with Crippen LogP contribution in [-0.4, -0.2) is 33.1 Å². The van der Waals surface area contributed by atoms with Crippen molar-refractivity contribution in [2.75, 3.05) is 6.61 Å². The number of nitrogens with one attached hydrogen (secondary N) is 2. The molecule has 7 heteroatoms. The molecule has 0 aliphatic heterocycles. The maximum Gasteiger partial charge on any atom is 0.315 e. The van der Waals surface area contributed by atoms with Crippen molar-refractivity contribution < 1.29 is 14.3 Å². The first-order valence-electron chi connectivity index (χ1n) is 7.93. The number of hydrogen-bond donors (Lipinski definition) is 3. The van der Waals surface area contributed by atoms with Gasteiger partial charge in [-0.2, -0.15) is 5.10 Å². The number of aliphatic hydroxyl groups is 1. The molecule has 0 aliphatic rings. The molecule has 3 N–H and O–H groups in total. The van der Waals surface area contributed by atoms with E-state index in [0.29, 0.717) is 12.1 Å². The smallest absolute Gasteiger partial charge is 0.315 e. The second-order valence-electron chi connectivity index (χ2n) is 6.00. The van der Waals surface area contributed by atoms with Crippen LogP contribution in [0.3, 0.4) is 0 Å². The van der Waals surface area contributed by atoms with Crippen LogP contribution < -0.4 is 10.6 Å². The van der Waals surface area contributed by atoms with Gasteiger partial charge >= 0.3 is 6.03 Å². The number of carbonyl (C=O) groups excluding carboxylic acids is 1. The molecule has 6 nitrogen and oxygen atoms in total. The van der Waals surface area contributed by atoms with E-state index in [9.17, 15) is 14.3 Å². The highest BCUT2D eigenvalue weighted by molar-refractivity contribution is 5.74. The highest BCUT2D eigenvalue weighted by Crippen LogP contribution is 2.11. The molecule has 1 aromatic heterocycles. The van der Waals surface area contributed by atoms with E-state index in [1.165, 1.54) is 12.1 Å². The summed E-state index contributed by atoms with van der Waals surface area (Å²) in [6.45, 7) is 3.94. The molecule has 2 aromatic rings. The van der Waals surface area contributed by atoms with E-state index >= 15 is 0 Å². The molecule has 24 heavy (non-hydrogen) atoms. The molecule has 0 saturated carbocycles. The Balaban J connectivity index is 1.91. The summed E-state index contributed by atoms with van der Waals surface area (Å²) in [7, 11) is 0. The van der Waals surface area contributed by atoms with E-state index in [0.717, 1.165) is 12.1 Å². The molecule has 1 aromatic carbocycles. The second kappa shape index (κ2) is 7.92. The highest BCUT2D eigenvalue weighted by Gasteiger charge is 2.24. The zero-order valence-electron chi connectivity index (χ0n) is 13.9. The van der Waals surface area contributed by atoms with E-state index in [-0.39, 0.29) is 25.0 Å². The first kappa shape index (κ1) is 17.9. The van der Waals surface area contributed by atoms with E-state index in [1.54, 1.807) is 36.0 Å². The Morgan fingerprint density at radius 2 is 2.04 bits per heavy atom. The van der Waals surface area contributed by atoms with Gasteiger partial charge in [0.15, 0.2) is 0 Å². The largest absolute Gasteiger partial charge is 0.394 e. The summed E-state index contributed by atoms with van der Waals surface area (Å²) in [6.07, 6.45) is 3.30. The summed E-state index contributed by atoms with van der Waals surface area (Å²) in [6, 6.07) is 7.42. The van der Waals surface area contributed by atoms with Crippen molar-refractivity contribution in [3.8, 4) is 5.69 Å². The number of urea groups is 1. The van der Waals surface area contributed by atoms with Crippen molar-refractivity contribution in [1.82, 2.24) is 20.4 Å². The van der Waals surface area contributed by atoms with Gasteiger partial charge in [0.2, 0.25) is 0 Å². The monoisotopic (exact) mass is 334 g/mol. The van der Waals surface area contributed by atoms with Gasteiger partial charge in [-0.25, -0.2) is 13.9 Å². The summed E-state index contributed by atoms with van der Waals surface area (Å²) in [4.78, 5) is 12.0. The van der Waals surface area contributed by atoms with Gasteiger partial charge in [-0.05, 0) is 43.7 Å². The first-order chi connectivity index (χ1) is 11.5. The van der Waals surface area contributed by atoms with Crippen LogP contribution in [0.5, 0.6) is 0 Å². The lowest BCUT2D eigenvalue weighted by atomic mass is 9.98. The normalized spacial score (nSPS) is 13.3. The van der Waals surface area contributed by atoms with Crippen LogP contribution in [0, 0.1) is 5.82 Å². The average Bonchev–Trinajstić information content (AvgIpc) is 3.03. The summed E-state index contributed by atoms with van der Waals surface area (Å²) in [5, 5.41) is 19.3. The fourth-order valence-corrected chi connectivity index (χ4v) is 2.42. The second-order valence-corrected chi connectivity index (χ2v) is 6.00. The summed E-state index contributed by atoms with van der Waals surface area (Å²) in [5.74, 6) is -0.302. The fourth-order valence-electron chi connectivity index (χ4n) is 2.42. The van der Waals surface area contributed by atoms with Crippen LogP contribution in [0.4, 0.5) is 9.18 Å². The lowest BCUT2D eigenvalue weighted by Gasteiger charge is -2.28. The zero-order chi connectivity index (χ0) is 17.6. The van der Waals surface area contributed by atoms with Crippen LogP contribution in [0.2, 0.25) is 0 Å². The van der Waals surface area contributed by atoms with Crippen molar-refractivity contribution in [3.63, 3.8) is 0 Å². The molecule has 0 radical (unpaired) electrons. The maximum atomic E-state index is 12.9. The lowest BCUT2D eigenvalue weighted by Crippen LogP contribution is -2.52. The number of carbonyl (C=O) groups is 1. The van der Waals surface area contributed by atoms with Gasteiger partial charge in [0, 0.05) is 6.20 Å². The van der Waals surface area contributed by atoms with Gasteiger partial charge in [-0.15, -0.1) is 0 Å². The third-order valence-corrected chi connectivity index (χ3v) is 3.73. The van der Waals surface area contributed by atoms with Crippen molar-refractivity contribution >= 4 is 6.03 Å².